The van der Waals surface area contributed by atoms with Gasteiger partial charge in [-0.15, -0.1) is 0 Å². The first kappa shape index (κ1) is 13.6. The van der Waals surface area contributed by atoms with E-state index in [-0.39, 0.29) is 16.2 Å². The highest BCUT2D eigenvalue weighted by Gasteiger charge is 2.02. The quantitative estimate of drug-likeness (QED) is 0.646. The monoisotopic (exact) mass is 340 g/mol. The zero-order valence-corrected chi connectivity index (χ0v) is 12.2. The summed E-state index contributed by atoms with van der Waals surface area (Å²) in [5.74, 6) is 0.0562. The minimum absolute atomic E-state index is 0.0562. The summed E-state index contributed by atoms with van der Waals surface area (Å²) in [6.07, 6.45) is 1.35. The van der Waals surface area contributed by atoms with Gasteiger partial charge in [0.25, 0.3) is 5.56 Å². The maximum atomic E-state index is 11.8. The fraction of sp³-hybridized carbons (Fsp3) is 0.0909. The molecule has 8 heteroatoms. The van der Waals surface area contributed by atoms with E-state index in [0.29, 0.717) is 5.56 Å². The van der Waals surface area contributed by atoms with Crippen molar-refractivity contribution in [2.45, 2.75) is 6.92 Å². The highest BCUT2D eigenvalue weighted by Crippen LogP contribution is 2.19. The Bertz CT molecular complexity index is 766. The topological polar surface area (TPSA) is 83.3 Å². The number of phenols is 1. The van der Waals surface area contributed by atoms with E-state index in [0.717, 1.165) is 9.15 Å². The van der Waals surface area contributed by atoms with E-state index in [1.165, 1.54) is 12.3 Å². The highest BCUT2D eigenvalue weighted by atomic mass is 79.9. The number of hydrogen-bond acceptors (Lipinski definition) is 5. The number of rotatable bonds is 2. The predicted octanol–water partition coefficient (Wildman–Crippen LogP) is 1.96. The number of aromatic amines is 1. The molecule has 1 heterocycles. The fourth-order valence-electron chi connectivity index (χ4n) is 1.33. The van der Waals surface area contributed by atoms with E-state index in [4.69, 9.17) is 12.2 Å². The molecule has 2 N–H and O–H groups in total. The van der Waals surface area contributed by atoms with Crippen LogP contribution in [-0.2, 0) is 0 Å². The molecule has 0 bridgehead atoms. The molecule has 0 amide bonds. The van der Waals surface area contributed by atoms with Crippen LogP contribution < -0.4 is 5.56 Å². The summed E-state index contributed by atoms with van der Waals surface area (Å²) < 4.78 is 1.88. The third-order valence-electron chi connectivity index (χ3n) is 2.32. The lowest BCUT2D eigenvalue weighted by molar-refractivity contribution is 0.474. The van der Waals surface area contributed by atoms with Crippen molar-refractivity contribution in [3.8, 4) is 5.75 Å². The fourth-order valence-corrected chi connectivity index (χ4v) is 1.88. The molecule has 0 radical (unpaired) electrons. The van der Waals surface area contributed by atoms with Crippen LogP contribution >= 0.6 is 28.1 Å². The molecule has 19 heavy (non-hydrogen) atoms. The van der Waals surface area contributed by atoms with Gasteiger partial charge in [0.1, 0.15) is 11.4 Å². The second-order valence-electron chi connectivity index (χ2n) is 3.68. The summed E-state index contributed by atoms with van der Waals surface area (Å²) >= 11 is 8.22. The lowest BCUT2D eigenvalue weighted by Gasteiger charge is -2.01. The predicted molar refractivity (Wildman–Crippen MR) is 77.2 cm³/mol. The van der Waals surface area contributed by atoms with Gasteiger partial charge in [-0.1, -0.05) is 15.9 Å². The van der Waals surface area contributed by atoms with Crippen LogP contribution in [0, 0.1) is 11.7 Å². The zero-order valence-electron chi connectivity index (χ0n) is 9.79. The summed E-state index contributed by atoms with van der Waals surface area (Å²) in [6, 6.07) is 4.89. The van der Waals surface area contributed by atoms with Crippen molar-refractivity contribution in [1.82, 2.24) is 14.9 Å². The van der Waals surface area contributed by atoms with E-state index in [1.54, 1.807) is 19.1 Å². The average molecular weight is 341 g/mol. The van der Waals surface area contributed by atoms with Crippen molar-refractivity contribution in [3.05, 3.63) is 49.1 Å². The van der Waals surface area contributed by atoms with Gasteiger partial charge in [0, 0.05) is 10.0 Å². The Morgan fingerprint density at radius 3 is 3.05 bits per heavy atom. The number of hydrogen-bond donors (Lipinski definition) is 2. The summed E-state index contributed by atoms with van der Waals surface area (Å²) in [5, 5.41) is 19.9. The maximum absolute atomic E-state index is 11.8. The van der Waals surface area contributed by atoms with Gasteiger partial charge in [-0.2, -0.15) is 14.9 Å². The minimum Gasteiger partial charge on any atom is -0.507 e. The maximum Gasteiger partial charge on any atom is 0.296 e. The molecule has 98 valence electrons. The second kappa shape index (κ2) is 5.45. The number of aromatic hydroxyl groups is 1. The second-order valence-corrected chi connectivity index (χ2v) is 4.98. The average Bonchev–Trinajstić information content (AvgIpc) is 2.38. The number of phenolic OH excluding ortho intramolecular Hbond substituents is 1. The summed E-state index contributed by atoms with van der Waals surface area (Å²) in [7, 11) is 0. The van der Waals surface area contributed by atoms with E-state index in [1.807, 2.05) is 0 Å². The van der Waals surface area contributed by atoms with E-state index >= 15 is 0 Å². The lowest BCUT2D eigenvalue weighted by atomic mass is 10.2. The molecule has 1 aromatic heterocycles. The van der Waals surface area contributed by atoms with Gasteiger partial charge in [-0.05, 0) is 37.3 Å². The van der Waals surface area contributed by atoms with Gasteiger partial charge in [0.2, 0.25) is 4.77 Å². The van der Waals surface area contributed by atoms with E-state index in [9.17, 15) is 9.90 Å². The van der Waals surface area contributed by atoms with E-state index < -0.39 is 5.56 Å². The van der Waals surface area contributed by atoms with Crippen LogP contribution in [0.1, 0.15) is 11.3 Å². The Kier molecular flexibility index (Phi) is 3.91. The normalized spacial score (nSPS) is 11.1. The summed E-state index contributed by atoms with van der Waals surface area (Å²) in [6.45, 7) is 1.55. The Hall–Kier alpha value is -1.80. The third-order valence-corrected chi connectivity index (χ3v) is 3.07. The smallest absolute Gasteiger partial charge is 0.296 e. The molecular weight excluding hydrogens is 332 g/mol. The number of nitrogens with zero attached hydrogens (tertiary/aromatic N) is 3. The molecule has 2 aromatic rings. The number of aromatic nitrogens is 3. The van der Waals surface area contributed by atoms with Crippen molar-refractivity contribution in [3.63, 3.8) is 0 Å². The van der Waals surface area contributed by atoms with Gasteiger partial charge >= 0.3 is 0 Å². The van der Waals surface area contributed by atoms with Gasteiger partial charge in [0.05, 0.1) is 6.21 Å². The van der Waals surface area contributed by atoms with Crippen molar-refractivity contribution in [2.75, 3.05) is 0 Å². The van der Waals surface area contributed by atoms with Crippen LogP contribution in [0.25, 0.3) is 0 Å². The number of H-pyrrole nitrogens is 1. The highest BCUT2D eigenvalue weighted by molar-refractivity contribution is 9.10. The van der Waals surface area contributed by atoms with Gasteiger partial charge < -0.3 is 5.11 Å². The van der Waals surface area contributed by atoms with Crippen molar-refractivity contribution in [2.24, 2.45) is 5.10 Å². The lowest BCUT2D eigenvalue weighted by Crippen LogP contribution is -2.22. The molecule has 0 aliphatic carbocycles. The van der Waals surface area contributed by atoms with Crippen LogP contribution in [-0.4, -0.2) is 26.2 Å². The summed E-state index contributed by atoms with van der Waals surface area (Å²) in [5.41, 5.74) is 0.309. The van der Waals surface area contributed by atoms with E-state index in [2.05, 4.69) is 31.2 Å². The number of aryl methyl sites for hydroxylation is 1. The van der Waals surface area contributed by atoms with Crippen molar-refractivity contribution >= 4 is 34.4 Å². The molecule has 1 aromatic carbocycles. The molecule has 0 atom stereocenters. The Morgan fingerprint density at radius 2 is 2.32 bits per heavy atom. The zero-order chi connectivity index (χ0) is 14.0. The largest absolute Gasteiger partial charge is 0.507 e. The molecule has 0 saturated heterocycles. The van der Waals surface area contributed by atoms with Crippen molar-refractivity contribution < 1.29 is 5.11 Å². The standard InChI is InChI=1S/C11H9BrN4O2S/c1-6-10(18)16(11(19)15-14-6)13-5-7-4-8(12)2-3-9(7)17/h2-5,17H,1H3,(H,15,19)/b13-5+. The van der Waals surface area contributed by atoms with Gasteiger partial charge in [-0.25, -0.2) is 0 Å². The van der Waals surface area contributed by atoms with Crippen LogP contribution in [0.2, 0.25) is 0 Å². The number of nitrogens with one attached hydrogen (secondary N) is 1. The Balaban J connectivity index is 2.50. The Labute approximate surface area is 121 Å². The molecule has 0 aliphatic heterocycles. The molecule has 0 aliphatic rings. The number of benzene rings is 1. The third kappa shape index (κ3) is 2.96. The van der Waals surface area contributed by atoms with Crippen LogP contribution in [0.15, 0.2) is 32.6 Å². The molecule has 2 rings (SSSR count). The molecule has 6 nitrogen and oxygen atoms in total. The number of halogens is 1. The Morgan fingerprint density at radius 1 is 1.58 bits per heavy atom. The summed E-state index contributed by atoms with van der Waals surface area (Å²) in [4.78, 5) is 11.8. The van der Waals surface area contributed by atoms with Crippen LogP contribution in [0.5, 0.6) is 5.75 Å². The molecular formula is C11H9BrN4O2S. The first-order valence-electron chi connectivity index (χ1n) is 5.20. The molecule has 0 fully saturated rings. The minimum atomic E-state index is -0.408. The molecule has 0 saturated carbocycles. The van der Waals surface area contributed by atoms with Crippen molar-refractivity contribution in [1.29, 1.82) is 0 Å². The molecule has 0 spiro atoms. The van der Waals surface area contributed by atoms with Crippen LogP contribution in [0.4, 0.5) is 0 Å². The SMILES string of the molecule is Cc1n[nH]c(=S)n(/N=C/c2cc(Br)ccc2O)c1=O. The van der Waals surface area contributed by atoms with Gasteiger partial charge in [0.15, 0.2) is 0 Å². The first-order valence-corrected chi connectivity index (χ1v) is 6.40. The van der Waals surface area contributed by atoms with Gasteiger partial charge in [-0.3, -0.25) is 9.89 Å². The molecule has 0 unspecified atom stereocenters. The van der Waals surface area contributed by atoms with Crippen LogP contribution in [0.3, 0.4) is 0 Å². The first-order chi connectivity index (χ1) is 8.99.